The van der Waals surface area contributed by atoms with Crippen molar-refractivity contribution in [2.45, 2.75) is 39.2 Å². The first-order valence-corrected chi connectivity index (χ1v) is 6.61. The minimum atomic E-state index is -0.362. The van der Waals surface area contributed by atoms with Gasteiger partial charge in [-0.15, -0.1) is 0 Å². The predicted octanol–water partition coefficient (Wildman–Crippen LogP) is 0.786. The maximum atomic E-state index is 12.2. The Morgan fingerprint density at radius 2 is 2.17 bits per heavy atom. The Labute approximate surface area is 109 Å². The second kappa shape index (κ2) is 7.36. The molecule has 1 aliphatic rings. The molecule has 1 aliphatic heterocycles. The van der Waals surface area contributed by atoms with Gasteiger partial charge in [0.15, 0.2) is 0 Å². The molecule has 1 heterocycles. The van der Waals surface area contributed by atoms with Crippen LogP contribution in [0.15, 0.2) is 0 Å². The van der Waals surface area contributed by atoms with Crippen LogP contribution in [-0.2, 0) is 14.3 Å². The van der Waals surface area contributed by atoms with E-state index in [1.165, 1.54) is 7.11 Å². The fraction of sp³-hybridized carbons (Fsp3) is 0.846. The number of hydrogen-bond acceptors (Lipinski definition) is 4. The van der Waals surface area contributed by atoms with Crippen molar-refractivity contribution in [1.29, 1.82) is 0 Å². The zero-order chi connectivity index (χ0) is 13.5. The monoisotopic (exact) mass is 256 g/mol. The number of nitrogens with one attached hydrogen (secondary N) is 1. The van der Waals surface area contributed by atoms with Crippen molar-refractivity contribution in [2.24, 2.45) is 5.92 Å². The number of hydrogen-bond donors (Lipinski definition) is 1. The molecule has 0 aromatic carbocycles. The van der Waals surface area contributed by atoms with Gasteiger partial charge >= 0.3 is 5.97 Å². The lowest BCUT2D eigenvalue weighted by Gasteiger charge is -2.29. The summed E-state index contributed by atoms with van der Waals surface area (Å²) in [5, 5.41) is 3.30. The van der Waals surface area contributed by atoms with Gasteiger partial charge in [0.1, 0.15) is 6.54 Å². The quantitative estimate of drug-likeness (QED) is 0.739. The summed E-state index contributed by atoms with van der Waals surface area (Å²) in [6, 6.07) is 0.0214. The highest BCUT2D eigenvalue weighted by Crippen LogP contribution is 2.16. The number of piperidine rings is 1. The number of carbonyl (C=O) groups is 2. The molecule has 1 unspecified atom stereocenters. The third-order valence-corrected chi connectivity index (χ3v) is 3.33. The summed E-state index contributed by atoms with van der Waals surface area (Å²) < 4.78 is 4.63. The summed E-state index contributed by atoms with van der Waals surface area (Å²) in [6.07, 6.45) is 2.72. The smallest absolute Gasteiger partial charge is 0.325 e. The summed E-state index contributed by atoms with van der Waals surface area (Å²) >= 11 is 0. The van der Waals surface area contributed by atoms with Gasteiger partial charge < -0.3 is 15.0 Å². The standard InChI is InChI=1S/C13H24N2O3/c1-10(2)15(9-13(17)18-3)12(16)7-11-5-4-6-14-8-11/h10-11,14H,4-9H2,1-3H3. The number of carbonyl (C=O) groups excluding carboxylic acids is 2. The predicted molar refractivity (Wildman–Crippen MR) is 69.1 cm³/mol. The van der Waals surface area contributed by atoms with Crippen molar-refractivity contribution in [3.8, 4) is 0 Å². The second-order valence-corrected chi connectivity index (χ2v) is 5.11. The molecular formula is C13H24N2O3. The minimum Gasteiger partial charge on any atom is -0.468 e. The van der Waals surface area contributed by atoms with Crippen LogP contribution in [0.5, 0.6) is 0 Å². The summed E-state index contributed by atoms with van der Waals surface area (Å²) in [5.74, 6) is 0.0769. The third-order valence-electron chi connectivity index (χ3n) is 3.33. The first-order valence-electron chi connectivity index (χ1n) is 6.61. The lowest BCUT2D eigenvalue weighted by molar-refractivity contribution is -0.148. The molecule has 1 rings (SSSR count). The van der Waals surface area contributed by atoms with Crippen molar-refractivity contribution in [2.75, 3.05) is 26.7 Å². The van der Waals surface area contributed by atoms with Gasteiger partial charge in [-0.1, -0.05) is 0 Å². The number of esters is 1. The van der Waals surface area contributed by atoms with E-state index in [2.05, 4.69) is 10.1 Å². The van der Waals surface area contributed by atoms with Gasteiger partial charge in [-0.25, -0.2) is 0 Å². The van der Waals surface area contributed by atoms with Crippen molar-refractivity contribution in [3.05, 3.63) is 0 Å². The third kappa shape index (κ3) is 4.64. The Kier molecular flexibility index (Phi) is 6.12. The highest BCUT2D eigenvalue weighted by atomic mass is 16.5. The van der Waals surface area contributed by atoms with Gasteiger partial charge in [0.2, 0.25) is 5.91 Å². The topological polar surface area (TPSA) is 58.6 Å². The number of rotatable bonds is 5. The molecule has 0 aliphatic carbocycles. The molecule has 5 heteroatoms. The molecule has 0 aromatic heterocycles. The lowest BCUT2D eigenvalue weighted by Crippen LogP contribution is -2.43. The normalized spacial score (nSPS) is 19.7. The van der Waals surface area contributed by atoms with E-state index in [1.807, 2.05) is 13.8 Å². The van der Waals surface area contributed by atoms with Crippen LogP contribution in [0.1, 0.15) is 33.1 Å². The highest BCUT2D eigenvalue weighted by molar-refractivity contribution is 5.82. The molecule has 18 heavy (non-hydrogen) atoms. The average molecular weight is 256 g/mol. The summed E-state index contributed by atoms with van der Waals surface area (Å²) in [7, 11) is 1.34. The fourth-order valence-electron chi connectivity index (χ4n) is 2.22. The van der Waals surface area contributed by atoms with Crippen molar-refractivity contribution < 1.29 is 14.3 Å². The van der Waals surface area contributed by atoms with Crippen LogP contribution in [0.3, 0.4) is 0 Å². The van der Waals surface area contributed by atoms with Crippen LogP contribution in [0.25, 0.3) is 0 Å². The number of amides is 1. The number of nitrogens with zero attached hydrogens (tertiary/aromatic N) is 1. The van der Waals surface area contributed by atoms with Crippen LogP contribution in [-0.4, -0.2) is 49.6 Å². The Hall–Kier alpha value is -1.10. The summed E-state index contributed by atoms with van der Waals surface area (Å²) in [5.41, 5.74) is 0. The van der Waals surface area contributed by atoms with E-state index in [0.717, 1.165) is 25.9 Å². The first-order chi connectivity index (χ1) is 8.54. The molecule has 1 saturated heterocycles. The van der Waals surface area contributed by atoms with Crippen LogP contribution in [0, 0.1) is 5.92 Å². The van der Waals surface area contributed by atoms with Crippen molar-refractivity contribution in [3.63, 3.8) is 0 Å². The molecule has 1 amide bonds. The van der Waals surface area contributed by atoms with Gasteiger partial charge in [0, 0.05) is 12.5 Å². The summed E-state index contributed by atoms with van der Waals surface area (Å²) in [4.78, 5) is 25.1. The molecule has 1 fully saturated rings. The number of ether oxygens (including phenoxy) is 1. The number of methoxy groups -OCH3 is 1. The molecule has 0 spiro atoms. The van der Waals surface area contributed by atoms with Gasteiger partial charge in [-0.3, -0.25) is 9.59 Å². The zero-order valence-corrected chi connectivity index (χ0v) is 11.6. The molecule has 0 radical (unpaired) electrons. The Balaban J connectivity index is 2.50. The second-order valence-electron chi connectivity index (χ2n) is 5.11. The molecule has 1 atom stereocenters. The Morgan fingerprint density at radius 1 is 1.44 bits per heavy atom. The van der Waals surface area contributed by atoms with Gasteiger partial charge in [-0.2, -0.15) is 0 Å². The Bertz CT molecular complexity index is 286. The largest absolute Gasteiger partial charge is 0.468 e. The zero-order valence-electron chi connectivity index (χ0n) is 11.6. The highest BCUT2D eigenvalue weighted by Gasteiger charge is 2.24. The maximum Gasteiger partial charge on any atom is 0.325 e. The Morgan fingerprint density at radius 3 is 2.67 bits per heavy atom. The van der Waals surface area contributed by atoms with E-state index in [-0.39, 0.29) is 24.5 Å². The first kappa shape index (κ1) is 15.0. The molecular weight excluding hydrogens is 232 g/mol. The SMILES string of the molecule is COC(=O)CN(C(=O)CC1CCCNC1)C(C)C. The summed E-state index contributed by atoms with van der Waals surface area (Å²) in [6.45, 7) is 5.82. The van der Waals surface area contributed by atoms with Gasteiger partial charge in [0.05, 0.1) is 7.11 Å². The van der Waals surface area contributed by atoms with E-state index < -0.39 is 0 Å². The molecule has 0 saturated carbocycles. The average Bonchev–Trinajstić information content (AvgIpc) is 2.36. The van der Waals surface area contributed by atoms with Crippen LogP contribution >= 0.6 is 0 Å². The van der Waals surface area contributed by atoms with E-state index in [1.54, 1.807) is 4.90 Å². The van der Waals surface area contributed by atoms with Crippen molar-refractivity contribution >= 4 is 11.9 Å². The van der Waals surface area contributed by atoms with E-state index in [9.17, 15) is 9.59 Å². The maximum absolute atomic E-state index is 12.2. The molecule has 5 nitrogen and oxygen atoms in total. The van der Waals surface area contributed by atoms with Crippen LogP contribution in [0.4, 0.5) is 0 Å². The van der Waals surface area contributed by atoms with Gasteiger partial charge in [-0.05, 0) is 45.7 Å². The fourth-order valence-corrected chi connectivity index (χ4v) is 2.22. The molecule has 1 N–H and O–H groups in total. The van der Waals surface area contributed by atoms with Crippen LogP contribution < -0.4 is 5.32 Å². The van der Waals surface area contributed by atoms with Crippen LogP contribution in [0.2, 0.25) is 0 Å². The lowest BCUT2D eigenvalue weighted by atomic mass is 9.95. The molecule has 0 aromatic rings. The van der Waals surface area contributed by atoms with E-state index in [0.29, 0.717) is 12.3 Å². The molecule has 104 valence electrons. The molecule has 0 bridgehead atoms. The van der Waals surface area contributed by atoms with E-state index in [4.69, 9.17) is 0 Å². The van der Waals surface area contributed by atoms with Gasteiger partial charge in [0.25, 0.3) is 0 Å². The minimum absolute atomic E-state index is 0.0214. The van der Waals surface area contributed by atoms with Crippen molar-refractivity contribution in [1.82, 2.24) is 10.2 Å². The van der Waals surface area contributed by atoms with E-state index >= 15 is 0 Å².